The van der Waals surface area contributed by atoms with Gasteiger partial charge in [0, 0.05) is 135 Å². The van der Waals surface area contributed by atoms with Gasteiger partial charge in [-0.1, -0.05) is 70.9 Å². The molecule has 10 heterocycles. The molecular formula is C92H110Cl3F3N12O16. The smallest absolute Gasteiger partial charge is 0.410 e. The van der Waals surface area contributed by atoms with Crippen LogP contribution < -0.4 is 18.9 Å². The van der Waals surface area contributed by atoms with Crippen LogP contribution in [-0.2, 0) is 108 Å². The van der Waals surface area contributed by atoms with E-state index in [0.29, 0.717) is 153 Å². The Hall–Kier alpha value is -9.62. The zero-order chi connectivity index (χ0) is 89.0. The molecule has 6 aromatic rings. The van der Waals surface area contributed by atoms with Crippen molar-refractivity contribution in [1.29, 1.82) is 0 Å². The van der Waals surface area contributed by atoms with Crippen molar-refractivity contribution >= 4 is 82.4 Å². The second kappa shape index (κ2) is 34.4. The lowest BCUT2D eigenvalue weighted by molar-refractivity contribution is -0.169. The van der Waals surface area contributed by atoms with Crippen LogP contribution in [0.5, 0.6) is 28.7 Å². The number of fused-ring (bicyclic) bond motifs is 5. The molecule has 8 aliphatic heterocycles. The van der Waals surface area contributed by atoms with E-state index in [0.717, 1.165) is 120 Å². The molecule has 676 valence electrons. The number of phenolic OH excluding ortho intramolecular Hbond substituents is 1. The van der Waals surface area contributed by atoms with Crippen molar-refractivity contribution < 1.29 is 90.2 Å². The summed E-state index contributed by atoms with van der Waals surface area (Å²) in [6, 6.07) is 6.70. The monoisotopic (exact) mass is 1800 g/mol. The van der Waals surface area contributed by atoms with Crippen molar-refractivity contribution in [3.8, 4) is 28.7 Å². The first-order chi connectivity index (χ1) is 60.1. The molecule has 5 saturated carbocycles. The largest absolute Gasteiger partial charge is 0.505 e. The van der Waals surface area contributed by atoms with Crippen LogP contribution >= 0.6 is 34.8 Å². The number of nitrogens with zero attached hydrogens (tertiary/aromatic N) is 12. The average Bonchev–Trinajstić information content (AvgIpc) is 1.12. The van der Waals surface area contributed by atoms with Gasteiger partial charge in [-0.05, 0) is 207 Å². The zero-order valence-electron chi connectivity index (χ0n) is 72.5. The van der Waals surface area contributed by atoms with Crippen LogP contribution in [0.4, 0.5) is 18.0 Å². The Kier molecular flexibility index (Phi) is 24.2. The molecular weight excluding hydrogens is 1690 g/mol. The van der Waals surface area contributed by atoms with E-state index in [2.05, 4.69) is 20.6 Å². The molecule has 3 spiro atoms. The van der Waals surface area contributed by atoms with Gasteiger partial charge in [-0.2, -0.15) is 0 Å². The van der Waals surface area contributed by atoms with Crippen LogP contribution in [0.1, 0.15) is 236 Å². The minimum absolute atomic E-state index is 0.000862. The third-order valence-corrected chi connectivity index (χ3v) is 30.3. The maximum Gasteiger partial charge on any atom is 0.410 e. The van der Waals surface area contributed by atoms with E-state index in [1.54, 1.807) is 79.7 Å². The Bertz CT molecular complexity index is 5360. The van der Waals surface area contributed by atoms with Gasteiger partial charge in [0.25, 0.3) is 0 Å². The molecule has 19 rings (SSSR count). The highest BCUT2D eigenvalue weighted by molar-refractivity contribution is 6.32. The van der Waals surface area contributed by atoms with E-state index in [1.165, 1.54) is 17.0 Å². The Morgan fingerprint density at radius 2 is 0.952 bits per heavy atom. The molecule has 8 fully saturated rings. The van der Waals surface area contributed by atoms with Crippen LogP contribution in [0, 0.1) is 56.4 Å². The number of carbonyl (C=O) groups excluding carboxylic acids is 7. The number of methoxy groups -OCH3 is 2. The first-order valence-corrected chi connectivity index (χ1v) is 45.6. The molecule has 3 saturated heterocycles. The fourth-order valence-corrected chi connectivity index (χ4v) is 22.4. The van der Waals surface area contributed by atoms with E-state index in [-0.39, 0.29) is 124 Å². The van der Waals surface area contributed by atoms with Gasteiger partial charge < -0.3 is 63.1 Å². The number of carboxylic acids is 1. The maximum atomic E-state index is 16.2. The molecule has 5 aliphatic carbocycles. The number of aliphatic carboxylic acids is 1. The van der Waals surface area contributed by atoms with Crippen molar-refractivity contribution in [2.75, 3.05) is 73.1 Å². The van der Waals surface area contributed by atoms with Gasteiger partial charge in [0.1, 0.15) is 48.3 Å². The van der Waals surface area contributed by atoms with Crippen molar-refractivity contribution in [2.45, 2.75) is 245 Å². The third-order valence-electron chi connectivity index (χ3n) is 29.3. The quantitative estimate of drug-likeness (QED) is 0.0671. The number of halogens is 6. The molecule has 28 nitrogen and oxygen atoms in total. The number of ether oxygens (including phenoxy) is 6. The second-order valence-corrected chi connectivity index (χ2v) is 40.0. The van der Waals surface area contributed by atoms with Crippen LogP contribution in [-0.4, -0.2) is 196 Å². The molecule has 2 N–H and O–H groups in total. The van der Waals surface area contributed by atoms with Gasteiger partial charge in [-0.3, -0.25) is 38.5 Å². The van der Waals surface area contributed by atoms with E-state index >= 15 is 13.6 Å². The number of aryl methyl sites for hydroxylation is 2. The molecule has 0 unspecified atom stereocenters. The summed E-state index contributed by atoms with van der Waals surface area (Å²) in [5, 5.41) is 38.4. The van der Waals surface area contributed by atoms with Crippen LogP contribution in [0.25, 0.3) is 0 Å². The number of carboxylic acid groups (broad SMARTS) is 1. The highest BCUT2D eigenvalue weighted by atomic mass is 35.5. The van der Waals surface area contributed by atoms with E-state index in [1.807, 2.05) is 21.2 Å². The number of hydrogen-bond donors (Lipinski definition) is 2. The summed E-state index contributed by atoms with van der Waals surface area (Å²) < 4.78 is 84.8. The minimum atomic E-state index is -1.20. The average molecular weight is 1800 g/mol. The van der Waals surface area contributed by atoms with E-state index < -0.39 is 87.6 Å². The fourth-order valence-electron chi connectivity index (χ4n) is 21.6. The molecule has 0 bridgehead atoms. The van der Waals surface area contributed by atoms with Gasteiger partial charge >= 0.3 is 18.0 Å². The van der Waals surface area contributed by atoms with Gasteiger partial charge in [0.15, 0.2) is 34.7 Å². The lowest BCUT2D eigenvalue weighted by Gasteiger charge is -2.45. The number of esters is 1. The number of benzene rings is 4. The summed E-state index contributed by atoms with van der Waals surface area (Å²) >= 11 is 19.7. The first kappa shape index (κ1) is 88.4. The number of likely N-dealkylation sites (tertiary alicyclic amines) is 3. The topological polar surface area (TPSA) is 313 Å². The SMILES string of the molecule is CC(C)(C)OC(=O)N1CCc2c(Cl)cc(F)c(O)c2[C@H]1CN1CC2(CC2)CC1=O.COc1ccc(COC(=O)[C@@]2(C)CCCC[C@H]2C(=O)N2CCc3c(Cl)cc(F)c(OCc4nnn5c4CCC5)c3[C@H]2CN2CC3(CC3)CC2=O)c(OC)c1.C[C@]1(C(=O)O)CCCC[C@H]1C(=O)N1CCc2c(Cl)cc(F)c(OCc3nnn4c3CCC4)c2[C@H]1CN1CC2(CC2)CC1=O. The molecule has 13 aliphatic rings. The van der Waals surface area contributed by atoms with Gasteiger partial charge in [0.05, 0.1) is 66.4 Å². The maximum absolute atomic E-state index is 16.2. The molecule has 126 heavy (non-hydrogen) atoms. The Balaban J connectivity index is 0.000000139. The predicted molar refractivity (Wildman–Crippen MR) is 453 cm³/mol. The Labute approximate surface area is 744 Å². The number of phenols is 1. The zero-order valence-corrected chi connectivity index (χ0v) is 74.7. The summed E-state index contributed by atoms with van der Waals surface area (Å²) in [5.74, 6) is -4.78. The van der Waals surface area contributed by atoms with Crippen LogP contribution in [0.15, 0.2) is 36.4 Å². The standard InChI is InChI=1S/C40H47ClFN5O7.C31H37ClFN5O5.C21H26ClFN2O4/c1-39(38(50)54-21-24-9-10-25(51-2)17-33(24)52-3)12-5-4-7-27(39)37(49)46-16-11-26-28(41)18-29(42)36(53-22-30-31-8-6-15-47(31)44-43-30)35(26)32(46)20-45-23-40(13-14-40)19-34(45)48;1-30(29(41)42)8-3-2-5-19(30)28(40)37-12-7-18-20(32)13-21(33)27(43-16-22-23-6-4-11-38(23)35-34-22)26(18)24(37)15-36-17-31(9-10-31)14-25(36)39;1-20(2,3)29-19(28)25-7-4-12-13(22)8-14(23)18(27)17(12)15(25)10-24-11-21(5-6-21)9-16(24)26/h9-10,17-18,27,32H,4-8,11-16,19-23H2,1-3H3;13,19,24H,2-12,14-17H2,1H3,(H,41,42);8,15,27H,4-7,9-11H2,1-3H3/t27-,32+,39-;19-,24+,30-;15-/m001/s1. The number of hydrogen-bond acceptors (Lipinski definition) is 19. The summed E-state index contributed by atoms with van der Waals surface area (Å²) in [4.78, 5) is 118. The van der Waals surface area contributed by atoms with Gasteiger partial charge in [-0.25, -0.2) is 27.3 Å². The number of aromatic hydroxyl groups is 1. The predicted octanol–water partition coefficient (Wildman–Crippen LogP) is 14.3. The summed E-state index contributed by atoms with van der Waals surface area (Å²) in [6.45, 7) is 13.6. The summed E-state index contributed by atoms with van der Waals surface area (Å²) in [6.07, 6.45) is 16.5. The van der Waals surface area contributed by atoms with Crippen molar-refractivity contribution in [3.63, 3.8) is 0 Å². The summed E-state index contributed by atoms with van der Waals surface area (Å²) in [7, 11) is 3.11. The van der Waals surface area contributed by atoms with E-state index in [4.69, 9.17) is 63.2 Å². The first-order valence-electron chi connectivity index (χ1n) is 44.5. The molecule has 4 aromatic carbocycles. The second-order valence-electron chi connectivity index (χ2n) is 38.8. The number of amides is 6. The van der Waals surface area contributed by atoms with Gasteiger partial charge in [0.2, 0.25) is 29.5 Å². The van der Waals surface area contributed by atoms with E-state index in [9.17, 15) is 48.2 Å². The van der Waals surface area contributed by atoms with Crippen LogP contribution in [0.3, 0.4) is 0 Å². The fraction of sp³-hybridized carbons (Fsp3) is 0.609. The number of rotatable bonds is 20. The van der Waals surface area contributed by atoms with Crippen molar-refractivity contribution in [2.24, 2.45) is 38.9 Å². The molecule has 6 amide bonds. The van der Waals surface area contributed by atoms with Crippen LogP contribution in [0.2, 0.25) is 15.1 Å². The lowest BCUT2D eigenvalue weighted by Crippen LogP contribution is -2.53. The highest BCUT2D eigenvalue weighted by Crippen LogP contribution is 2.58. The summed E-state index contributed by atoms with van der Waals surface area (Å²) in [5.41, 5.74) is 4.14. The number of carbonyl (C=O) groups is 8. The van der Waals surface area contributed by atoms with Crippen molar-refractivity contribution in [1.82, 2.24) is 59.4 Å². The number of aromatic nitrogens is 6. The highest BCUT2D eigenvalue weighted by Gasteiger charge is 2.58. The van der Waals surface area contributed by atoms with Crippen molar-refractivity contribution in [3.05, 3.63) is 131 Å². The molecule has 0 radical (unpaired) electrons. The normalized spacial score (nSPS) is 24.9. The molecule has 7 atom stereocenters. The Morgan fingerprint density at radius 1 is 0.524 bits per heavy atom. The van der Waals surface area contributed by atoms with Gasteiger partial charge in [-0.15, -0.1) is 10.2 Å². The third kappa shape index (κ3) is 17.1. The minimum Gasteiger partial charge on any atom is -0.505 e. The molecule has 34 heteroatoms. The Morgan fingerprint density at radius 3 is 1.38 bits per heavy atom. The molecule has 2 aromatic heterocycles. The lowest BCUT2D eigenvalue weighted by atomic mass is 9.66.